The molecule has 0 heterocycles. The lowest BCUT2D eigenvalue weighted by Crippen LogP contribution is -2.23. The lowest BCUT2D eigenvalue weighted by Gasteiger charge is -2.12. The zero-order valence-electron chi connectivity index (χ0n) is 9.24. The van der Waals surface area contributed by atoms with Crippen molar-refractivity contribution in [1.82, 2.24) is 0 Å². The highest BCUT2D eigenvalue weighted by molar-refractivity contribution is 5.86. The van der Waals surface area contributed by atoms with Gasteiger partial charge in [-0.15, -0.1) is 0 Å². The SMILES string of the molecule is CCOC(=O)[C@@H](CC(C)=O)CC(=O)OC. The molecule has 0 rings (SSSR count). The summed E-state index contributed by atoms with van der Waals surface area (Å²) in [5, 5.41) is 0. The molecule has 0 amide bonds. The molecule has 5 heteroatoms. The van der Waals surface area contributed by atoms with Crippen molar-refractivity contribution < 1.29 is 23.9 Å². The maximum absolute atomic E-state index is 11.3. The molecule has 0 spiro atoms. The van der Waals surface area contributed by atoms with Gasteiger partial charge in [0.25, 0.3) is 0 Å². The normalized spacial score (nSPS) is 11.7. The Morgan fingerprint density at radius 2 is 1.80 bits per heavy atom. The van der Waals surface area contributed by atoms with Crippen LogP contribution in [0.3, 0.4) is 0 Å². The van der Waals surface area contributed by atoms with E-state index in [2.05, 4.69) is 4.74 Å². The third-order valence-electron chi connectivity index (χ3n) is 1.79. The van der Waals surface area contributed by atoms with Crippen LogP contribution in [0, 0.1) is 5.92 Å². The first-order valence-electron chi connectivity index (χ1n) is 4.74. The summed E-state index contributed by atoms with van der Waals surface area (Å²) in [5.74, 6) is -1.93. The second kappa shape index (κ2) is 6.98. The number of ketones is 1. The molecule has 0 aliphatic carbocycles. The molecule has 5 nitrogen and oxygen atoms in total. The van der Waals surface area contributed by atoms with Crippen LogP contribution in [-0.4, -0.2) is 31.4 Å². The van der Waals surface area contributed by atoms with E-state index in [1.54, 1.807) is 6.92 Å². The molecule has 0 saturated heterocycles. The van der Waals surface area contributed by atoms with Gasteiger partial charge < -0.3 is 14.3 Å². The quantitative estimate of drug-likeness (QED) is 0.611. The van der Waals surface area contributed by atoms with Crippen molar-refractivity contribution in [1.29, 1.82) is 0 Å². The van der Waals surface area contributed by atoms with Crippen molar-refractivity contribution in [3.63, 3.8) is 0 Å². The van der Waals surface area contributed by atoms with Crippen molar-refractivity contribution in [2.24, 2.45) is 5.92 Å². The highest BCUT2D eigenvalue weighted by atomic mass is 16.5. The van der Waals surface area contributed by atoms with Crippen LogP contribution >= 0.6 is 0 Å². The molecule has 15 heavy (non-hydrogen) atoms. The average molecular weight is 216 g/mol. The van der Waals surface area contributed by atoms with Crippen molar-refractivity contribution >= 4 is 17.7 Å². The van der Waals surface area contributed by atoms with E-state index < -0.39 is 17.9 Å². The predicted octanol–water partition coefficient (Wildman–Crippen LogP) is 0.708. The van der Waals surface area contributed by atoms with Crippen molar-refractivity contribution in [2.75, 3.05) is 13.7 Å². The fourth-order valence-electron chi connectivity index (χ4n) is 1.13. The van der Waals surface area contributed by atoms with Crippen LogP contribution in [0.25, 0.3) is 0 Å². The van der Waals surface area contributed by atoms with Gasteiger partial charge in [0, 0.05) is 6.42 Å². The Hall–Kier alpha value is -1.39. The van der Waals surface area contributed by atoms with Gasteiger partial charge in [0.1, 0.15) is 5.78 Å². The average Bonchev–Trinajstić information content (AvgIpc) is 2.16. The summed E-state index contributed by atoms with van der Waals surface area (Å²) in [5.41, 5.74) is 0. The Kier molecular flexibility index (Phi) is 6.33. The van der Waals surface area contributed by atoms with Crippen LogP contribution in [-0.2, 0) is 23.9 Å². The fourth-order valence-corrected chi connectivity index (χ4v) is 1.13. The van der Waals surface area contributed by atoms with Gasteiger partial charge in [0.2, 0.25) is 0 Å². The zero-order valence-corrected chi connectivity index (χ0v) is 9.24. The van der Waals surface area contributed by atoms with Crippen LogP contribution in [0.5, 0.6) is 0 Å². The van der Waals surface area contributed by atoms with Gasteiger partial charge in [-0.05, 0) is 13.8 Å². The first kappa shape index (κ1) is 13.6. The number of methoxy groups -OCH3 is 1. The van der Waals surface area contributed by atoms with Crippen molar-refractivity contribution in [3.05, 3.63) is 0 Å². The molecule has 0 aromatic carbocycles. The number of rotatable bonds is 6. The smallest absolute Gasteiger partial charge is 0.309 e. The second-order valence-corrected chi connectivity index (χ2v) is 3.14. The Morgan fingerprint density at radius 1 is 1.20 bits per heavy atom. The van der Waals surface area contributed by atoms with Crippen LogP contribution in [0.4, 0.5) is 0 Å². The summed E-state index contributed by atoms with van der Waals surface area (Å²) in [6, 6.07) is 0. The molecule has 0 aliphatic rings. The standard InChI is InChI=1S/C10H16O5/c1-4-15-10(13)8(5-7(2)11)6-9(12)14-3/h8H,4-6H2,1-3H3/t8-/m0/s1. The molecule has 1 atom stereocenters. The first-order chi connectivity index (χ1) is 7.01. The fraction of sp³-hybridized carbons (Fsp3) is 0.700. The van der Waals surface area contributed by atoms with E-state index in [0.29, 0.717) is 0 Å². The van der Waals surface area contributed by atoms with Crippen molar-refractivity contribution in [2.45, 2.75) is 26.7 Å². The van der Waals surface area contributed by atoms with E-state index in [4.69, 9.17) is 4.74 Å². The Labute approximate surface area is 88.7 Å². The van der Waals surface area contributed by atoms with Crippen molar-refractivity contribution in [3.8, 4) is 0 Å². The number of hydrogen-bond acceptors (Lipinski definition) is 5. The summed E-state index contributed by atoms with van der Waals surface area (Å²) in [4.78, 5) is 33.2. The minimum absolute atomic E-state index is 0.00787. The highest BCUT2D eigenvalue weighted by Crippen LogP contribution is 2.12. The molecular formula is C10H16O5. The van der Waals surface area contributed by atoms with Gasteiger partial charge in [-0.25, -0.2) is 0 Å². The van der Waals surface area contributed by atoms with E-state index >= 15 is 0 Å². The Bertz CT molecular complexity index is 246. The van der Waals surface area contributed by atoms with Crippen LogP contribution in [0.2, 0.25) is 0 Å². The molecule has 0 saturated carbocycles. The molecule has 0 radical (unpaired) electrons. The third-order valence-corrected chi connectivity index (χ3v) is 1.79. The van der Waals surface area contributed by atoms with Gasteiger partial charge in [-0.3, -0.25) is 9.59 Å². The van der Waals surface area contributed by atoms with Gasteiger partial charge in [0.05, 0.1) is 26.1 Å². The van der Waals surface area contributed by atoms with E-state index in [9.17, 15) is 14.4 Å². The summed E-state index contributed by atoms with van der Waals surface area (Å²) in [6.07, 6.45) is -0.108. The molecule has 0 aliphatic heterocycles. The zero-order chi connectivity index (χ0) is 11.8. The monoisotopic (exact) mass is 216 g/mol. The molecule has 0 aromatic heterocycles. The molecule has 0 bridgehead atoms. The highest BCUT2D eigenvalue weighted by Gasteiger charge is 2.24. The molecule has 86 valence electrons. The topological polar surface area (TPSA) is 69.7 Å². The summed E-state index contributed by atoms with van der Waals surface area (Å²) < 4.78 is 9.18. The van der Waals surface area contributed by atoms with Gasteiger partial charge >= 0.3 is 11.9 Å². The Balaban J connectivity index is 4.36. The molecular weight excluding hydrogens is 200 g/mol. The van der Waals surface area contributed by atoms with E-state index in [-0.39, 0.29) is 25.2 Å². The lowest BCUT2D eigenvalue weighted by atomic mass is 9.99. The number of ether oxygens (including phenoxy) is 2. The summed E-state index contributed by atoms with van der Waals surface area (Å²) >= 11 is 0. The number of carbonyl (C=O) groups is 3. The molecule has 0 aromatic rings. The molecule has 0 fully saturated rings. The van der Waals surface area contributed by atoms with E-state index in [1.165, 1.54) is 14.0 Å². The molecule has 0 unspecified atom stereocenters. The number of esters is 2. The second-order valence-electron chi connectivity index (χ2n) is 3.14. The summed E-state index contributed by atoms with van der Waals surface area (Å²) in [6.45, 7) is 3.26. The maximum Gasteiger partial charge on any atom is 0.309 e. The largest absolute Gasteiger partial charge is 0.469 e. The van der Waals surface area contributed by atoms with Crippen LogP contribution in [0.15, 0.2) is 0 Å². The number of carbonyl (C=O) groups excluding carboxylic acids is 3. The number of hydrogen-bond donors (Lipinski definition) is 0. The summed E-state index contributed by atoms with van der Waals surface area (Å²) in [7, 11) is 1.23. The Morgan fingerprint density at radius 3 is 2.20 bits per heavy atom. The molecule has 0 N–H and O–H groups in total. The van der Waals surface area contributed by atoms with E-state index in [0.717, 1.165) is 0 Å². The van der Waals surface area contributed by atoms with Gasteiger partial charge in [-0.2, -0.15) is 0 Å². The maximum atomic E-state index is 11.3. The lowest BCUT2D eigenvalue weighted by molar-refractivity contribution is -0.154. The van der Waals surface area contributed by atoms with Crippen LogP contribution in [0.1, 0.15) is 26.7 Å². The minimum atomic E-state index is -0.727. The first-order valence-corrected chi connectivity index (χ1v) is 4.74. The predicted molar refractivity (Wildman–Crippen MR) is 52.1 cm³/mol. The minimum Gasteiger partial charge on any atom is -0.469 e. The third kappa shape index (κ3) is 5.83. The van der Waals surface area contributed by atoms with Gasteiger partial charge in [-0.1, -0.05) is 0 Å². The van der Waals surface area contributed by atoms with Crippen LogP contribution < -0.4 is 0 Å². The van der Waals surface area contributed by atoms with Gasteiger partial charge in [0.15, 0.2) is 0 Å². The van der Waals surface area contributed by atoms with E-state index in [1.807, 2.05) is 0 Å². The number of Topliss-reactive ketones (excluding diaryl/α,β-unsaturated/α-hetero) is 1.